The van der Waals surface area contributed by atoms with E-state index in [4.69, 9.17) is 9.72 Å². The lowest BCUT2D eigenvalue weighted by Crippen LogP contribution is -2.34. The molecule has 3 aliphatic heterocycles. The smallest absolute Gasteiger partial charge is 0.219 e. The first-order valence-corrected chi connectivity index (χ1v) is 14.7. The van der Waals surface area contributed by atoms with Crippen molar-refractivity contribution in [2.75, 3.05) is 32.8 Å². The van der Waals surface area contributed by atoms with E-state index in [0.717, 1.165) is 96.3 Å². The average Bonchev–Trinajstić information content (AvgIpc) is 3.79. The van der Waals surface area contributed by atoms with Crippen LogP contribution in [-0.4, -0.2) is 68.6 Å². The van der Waals surface area contributed by atoms with E-state index in [1.54, 1.807) is 6.92 Å². The van der Waals surface area contributed by atoms with Crippen LogP contribution in [0, 0.1) is 5.92 Å². The number of benzene rings is 1. The van der Waals surface area contributed by atoms with Crippen molar-refractivity contribution >= 4 is 16.7 Å². The normalized spacial score (nSPS) is 17.5. The van der Waals surface area contributed by atoms with Crippen molar-refractivity contribution in [1.29, 1.82) is 0 Å². The number of nitrogens with one attached hydrogen (secondary N) is 2. The second kappa shape index (κ2) is 12.3. The van der Waals surface area contributed by atoms with Crippen LogP contribution in [0.1, 0.15) is 50.3 Å². The summed E-state index contributed by atoms with van der Waals surface area (Å²) in [7, 11) is 0. The highest BCUT2D eigenvalue weighted by Gasteiger charge is 2.25. The Bertz CT molecular complexity index is 1440. The van der Waals surface area contributed by atoms with Crippen molar-refractivity contribution in [2.45, 2.75) is 58.5 Å². The summed E-state index contributed by atoms with van der Waals surface area (Å²) in [4.78, 5) is 18.6. The SMILES string of the molecule is C1CCOC1.CC(=O)N1CCc2[nH]nc(-c3cccc4cc(-c5cnn(CCC6CCNCC6)c5)ncc34)c2C1. The summed E-state index contributed by atoms with van der Waals surface area (Å²) in [5, 5.41) is 18.1. The zero-order chi connectivity index (χ0) is 27.3. The number of aromatic nitrogens is 5. The third-order valence-corrected chi connectivity index (χ3v) is 8.38. The fourth-order valence-electron chi connectivity index (χ4n) is 5.94. The van der Waals surface area contributed by atoms with Gasteiger partial charge in [-0.25, -0.2) is 0 Å². The van der Waals surface area contributed by atoms with Gasteiger partial charge in [-0.1, -0.05) is 18.2 Å². The first kappa shape index (κ1) is 26.7. The summed E-state index contributed by atoms with van der Waals surface area (Å²) in [6, 6.07) is 8.41. The Labute approximate surface area is 235 Å². The molecule has 1 aromatic carbocycles. The molecule has 6 heterocycles. The van der Waals surface area contributed by atoms with Gasteiger partial charge < -0.3 is 15.0 Å². The summed E-state index contributed by atoms with van der Waals surface area (Å²) in [6.07, 6.45) is 13.0. The minimum absolute atomic E-state index is 0.100. The molecule has 2 fully saturated rings. The highest BCUT2D eigenvalue weighted by atomic mass is 16.5. The first-order chi connectivity index (χ1) is 19.7. The highest BCUT2D eigenvalue weighted by Crippen LogP contribution is 2.34. The maximum Gasteiger partial charge on any atom is 0.219 e. The van der Waals surface area contributed by atoms with Gasteiger partial charge in [0.05, 0.1) is 17.6 Å². The number of hydrogen-bond acceptors (Lipinski definition) is 6. The number of carbonyl (C=O) groups excluding carboxylic acids is 1. The number of aryl methyl sites for hydroxylation is 1. The van der Waals surface area contributed by atoms with Crippen molar-refractivity contribution in [3.05, 3.63) is 54.1 Å². The second-order valence-corrected chi connectivity index (χ2v) is 11.1. The molecule has 0 atom stereocenters. The number of hydrogen-bond donors (Lipinski definition) is 2. The van der Waals surface area contributed by atoms with Crippen molar-refractivity contribution in [3.8, 4) is 22.5 Å². The number of rotatable bonds is 5. The molecule has 1 amide bonds. The molecular formula is C31H39N7O2. The maximum atomic E-state index is 12.0. The van der Waals surface area contributed by atoms with E-state index in [0.29, 0.717) is 6.54 Å². The first-order valence-electron chi connectivity index (χ1n) is 14.7. The Morgan fingerprint density at radius 1 is 1.15 bits per heavy atom. The fourth-order valence-corrected chi connectivity index (χ4v) is 5.94. The Morgan fingerprint density at radius 3 is 2.77 bits per heavy atom. The van der Waals surface area contributed by atoms with E-state index in [-0.39, 0.29) is 5.91 Å². The van der Waals surface area contributed by atoms with Crippen LogP contribution in [0.15, 0.2) is 42.9 Å². The molecule has 9 heteroatoms. The van der Waals surface area contributed by atoms with Gasteiger partial charge in [0.25, 0.3) is 0 Å². The Balaban J connectivity index is 0.000000523. The topological polar surface area (TPSA) is 101 Å². The predicted molar refractivity (Wildman–Crippen MR) is 156 cm³/mol. The van der Waals surface area contributed by atoms with Crippen LogP contribution in [-0.2, 0) is 29.0 Å². The lowest BCUT2D eigenvalue weighted by molar-refractivity contribution is -0.129. The predicted octanol–water partition coefficient (Wildman–Crippen LogP) is 4.58. The number of amides is 1. The van der Waals surface area contributed by atoms with Gasteiger partial charge in [0.1, 0.15) is 0 Å². The number of fused-ring (bicyclic) bond motifs is 2. The number of carbonyl (C=O) groups is 1. The van der Waals surface area contributed by atoms with Gasteiger partial charge in [0, 0.05) is 86.4 Å². The number of aromatic amines is 1. The standard InChI is InChI=1S/C27H31N7O.C4H8O/c1-18(35)33-11-8-25-24(17-33)27(32-31-25)22-4-2-3-20-13-26(29-15-23(20)22)21-14-30-34(16-21)12-7-19-5-9-28-10-6-19;1-2-4-5-3-1/h2-4,13-16,19,28H,5-12,17H2,1H3,(H,31,32);1-4H2. The highest BCUT2D eigenvalue weighted by molar-refractivity contribution is 5.97. The molecule has 0 spiro atoms. The van der Waals surface area contributed by atoms with Crippen LogP contribution in [0.2, 0.25) is 0 Å². The number of nitrogens with zero attached hydrogens (tertiary/aromatic N) is 5. The van der Waals surface area contributed by atoms with Gasteiger partial charge in [0.15, 0.2) is 0 Å². The van der Waals surface area contributed by atoms with Gasteiger partial charge in [-0.15, -0.1) is 0 Å². The van der Waals surface area contributed by atoms with E-state index >= 15 is 0 Å². The van der Waals surface area contributed by atoms with Crippen LogP contribution < -0.4 is 5.32 Å². The van der Waals surface area contributed by atoms with E-state index in [2.05, 4.69) is 55.8 Å². The van der Waals surface area contributed by atoms with Gasteiger partial charge >= 0.3 is 0 Å². The van der Waals surface area contributed by atoms with E-state index in [1.807, 2.05) is 17.3 Å². The fraction of sp³-hybridized carbons (Fsp3) is 0.484. The second-order valence-electron chi connectivity index (χ2n) is 11.1. The van der Waals surface area contributed by atoms with Crippen LogP contribution in [0.4, 0.5) is 0 Å². The number of pyridine rings is 1. The van der Waals surface area contributed by atoms with E-state index in [1.165, 1.54) is 32.1 Å². The molecule has 3 aliphatic rings. The number of piperidine rings is 1. The van der Waals surface area contributed by atoms with Crippen molar-refractivity contribution in [2.24, 2.45) is 5.92 Å². The van der Waals surface area contributed by atoms with Crippen LogP contribution >= 0.6 is 0 Å². The molecule has 2 N–H and O–H groups in total. The van der Waals surface area contributed by atoms with Gasteiger partial charge in [-0.05, 0) is 62.6 Å². The lowest BCUT2D eigenvalue weighted by atomic mass is 9.95. The number of H-pyrrole nitrogens is 1. The summed E-state index contributed by atoms with van der Waals surface area (Å²) in [5.74, 6) is 0.889. The summed E-state index contributed by atoms with van der Waals surface area (Å²) < 4.78 is 7.00. The molecule has 7 rings (SSSR count). The van der Waals surface area contributed by atoms with Gasteiger partial charge in [0.2, 0.25) is 5.91 Å². The molecule has 9 nitrogen and oxygen atoms in total. The van der Waals surface area contributed by atoms with Crippen LogP contribution in [0.5, 0.6) is 0 Å². The van der Waals surface area contributed by atoms with Crippen LogP contribution in [0.25, 0.3) is 33.3 Å². The molecule has 0 aliphatic carbocycles. The molecule has 210 valence electrons. The van der Waals surface area contributed by atoms with Gasteiger partial charge in [-0.2, -0.15) is 10.2 Å². The van der Waals surface area contributed by atoms with Crippen molar-refractivity contribution in [3.63, 3.8) is 0 Å². The minimum Gasteiger partial charge on any atom is -0.381 e. The quantitative estimate of drug-likeness (QED) is 0.384. The van der Waals surface area contributed by atoms with Crippen molar-refractivity contribution < 1.29 is 9.53 Å². The average molecular weight is 542 g/mol. The molecule has 0 unspecified atom stereocenters. The molecule has 4 aromatic rings. The minimum atomic E-state index is 0.100. The Morgan fingerprint density at radius 2 is 2.00 bits per heavy atom. The molecule has 2 saturated heterocycles. The van der Waals surface area contributed by atoms with Gasteiger partial charge in [-0.3, -0.25) is 19.6 Å². The summed E-state index contributed by atoms with van der Waals surface area (Å²) in [5.41, 5.74) is 6.15. The molecule has 0 radical (unpaired) electrons. The zero-order valence-corrected chi connectivity index (χ0v) is 23.4. The lowest BCUT2D eigenvalue weighted by Gasteiger charge is -2.26. The van der Waals surface area contributed by atoms with Crippen molar-refractivity contribution in [1.82, 2.24) is 35.2 Å². The molecule has 40 heavy (non-hydrogen) atoms. The number of ether oxygens (including phenoxy) is 1. The molecule has 3 aromatic heterocycles. The zero-order valence-electron chi connectivity index (χ0n) is 23.4. The summed E-state index contributed by atoms with van der Waals surface area (Å²) in [6.45, 7) is 8.17. The summed E-state index contributed by atoms with van der Waals surface area (Å²) >= 11 is 0. The van der Waals surface area contributed by atoms with E-state index in [9.17, 15) is 4.79 Å². The largest absolute Gasteiger partial charge is 0.381 e. The third kappa shape index (κ3) is 5.95. The Kier molecular flexibility index (Phi) is 8.20. The third-order valence-electron chi connectivity index (χ3n) is 8.38. The monoisotopic (exact) mass is 541 g/mol. The van der Waals surface area contributed by atoms with E-state index < -0.39 is 0 Å². The molecule has 0 bridgehead atoms. The van der Waals surface area contributed by atoms with Crippen LogP contribution in [0.3, 0.4) is 0 Å². The Hall–Kier alpha value is -3.56. The maximum absolute atomic E-state index is 12.0. The molecule has 0 saturated carbocycles. The molecular weight excluding hydrogens is 502 g/mol.